The minimum Gasteiger partial charge on any atom is -0.383 e. The van der Waals surface area contributed by atoms with Gasteiger partial charge in [-0.05, 0) is 47.7 Å². The molecular weight excluding hydrogens is 286 g/mol. The number of benzene rings is 1. The molecule has 8 heteroatoms. The third kappa shape index (κ3) is 3.67. The molecule has 0 radical (unpaired) electrons. The fourth-order valence-corrected chi connectivity index (χ4v) is 1.78. The summed E-state index contributed by atoms with van der Waals surface area (Å²) in [4.78, 5) is 23.5. The first-order chi connectivity index (χ1) is 10.7. The number of tetrazole rings is 1. The SMILES string of the molecule is CC=CC(=O)Nc1ccc(-n2nnn(CCOC)c2=O)cc1. The first-order valence-corrected chi connectivity index (χ1v) is 6.71. The average Bonchev–Trinajstić information content (AvgIpc) is 2.87. The predicted molar refractivity (Wildman–Crippen MR) is 80.9 cm³/mol. The van der Waals surface area contributed by atoms with Crippen LogP contribution in [0.1, 0.15) is 6.92 Å². The van der Waals surface area contributed by atoms with Crippen LogP contribution in [-0.2, 0) is 16.1 Å². The van der Waals surface area contributed by atoms with Gasteiger partial charge in [-0.1, -0.05) is 6.08 Å². The summed E-state index contributed by atoms with van der Waals surface area (Å²) in [6.07, 6.45) is 3.08. The molecular formula is C14H17N5O3. The van der Waals surface area contributed by atoms with Crippen molar-refractivity contribution in [2.45, 2.75) is 13.5 Å². The summed E-state index contributed by atoms with van der Waals surface area (Å²) < 4.78 is 7.32. The predicted octanol–water partition coefficient (Wildman–Crippen LogP) is 0.590. The van der Waals surface area contributed by atoms with Crippen molar-refractivity contribution in [3.63, 3.8) is 0 Å². The molecule has 0 spiro atoms. The van der Waals surface area contributed by atoms with E-state index in [4.69, 9.17) is 4.74 Å². The number of ether oxygens (including phenoxy) is 1. The van der Waals surface area contributed by atoms with Crippen molar-refractivity contribution in [3.05, 3.63) is 46.9 Å². The Bertz CT molecular complexity index is 715. The third-order valence-electron chi connectivity index (χ3n) is 2.84. The van der Waals surface area contributed by atoms with E-state index >= 15 is 0 Å². The summed E-state index contributed by atoms with van der Waals surface area (Å²) in [7, 11) is 1.55. The molecule has 2 aromatic rings. The highest BCUT2D eigenvalue weighted by atomic mass is 16.5. The third-order valence-corrected chi connectivity index (χ3v) is 2.84. The molecule has 0 aliphatic carbocycles. The smallest absolute Gasteiger partial charge is 0.368 e. The highest BCUT2D eigenvalue weighted by Crippen LogP contribution is 2.11. The van der Waals surface area contributed by atoms with E-state index in [9.17, 15) is 9.59 Å². The van der Waals surface area contributed by atoms with Gasteiger partial charge in [-0.15, -0.1) is 0 Å². The van der Waals surface area contributed by atoms with Gasteiger partial charge in [0.15, 0.2) is 0 Å². The number of carbonyl (C=O) groups excluding carboxylic acids is 1. The van der Waals surface area contributed by atoms with E-state index in [0.717, 1.165) is 0 Å². The van der Waals surface area contributed by atoms with Crippen LogP contribution in [-0.4, -0.2) is 39.4 Å². The molecule has 1 aromatic heterocycles. The molecule has 0 saturated carbocycles. The molecule has 0 bridgehead atoms. The Morgan fingerprint density at radius 1 is 1.32 bits per heavy atom. The molecule has 0 saturated heterocycles. The topological polar surface area (TPSA) is 91.0 Å². The number of hydrogen-bond donors (Lipinski definition) is 1. The van der Waals surface area contributed by atoms with E-state index in [0.29, 0.717) is 24.5 Å². The zero-order valence-corrected chi connectivity index (χ0v) is 12.4. The lowest BCUT2D eigenvalue weighted by atomic mass is 10.3. The molecule has 0 fully saturated rings. The quantitative estimate of drug-likeness (QED) is 0.789. The molecule has 1 heterocycles. The summed E-state index contributed by atoms with van der Waals surface area (Å²) >= 11 is 0. The Morgan fingerprint density at radius 3 is 2.68 bits per heavy atom. The van der Waals surface area contributed by atoms with Crippen LogP contribution in [0.25, 0.3) is 5.69 Å². The van der Waals surface area contributed by atoms with Crippen LogP contribution < -0.4 is 11.0 Å². The van der Waals surface area contributed by atoms with E-state index < -0.39 is 0 Å². The van der Waals surface area contributed by atoms with E-state index in [1.807, 2.05) is 0 Å². The molecule has 0 unspecified atom stereocenters. The number of aromatic nitrogens is 4. The van der Waals surface area contributed by atoms with E-state index in [1.54, 1.807) is 44.4 Å². The minimum absolute atomic E-state index is 0.210. The number of rotatable bonds is 6. The Labute approximate surface area is 127 Å². The molecule has 1 N–H and O–H groups in total. The molecule has 0 aliphatic rings. The molecule has 1 amide bonds. The lowest BCUT2D eigenvalue weighted by Crippen LogP contribution is -2.25. The summed E-state index contributed by atoms with van der Waals surface area (Å²) in [5.74, 6) is -0.210. The first kappa shape index (κ1) is 15.6. The Balaban J connectivity index is 2.15. The fraction of sp³-hybridized carbons (Fsp3) is 0.286. The van der Waals surface area contributed by atoms with Gasteiger partial charge in [0.2, 0.25) is 5.91 Å². The van der Waals surface area contributed by atoms with Gasteiger partial charge in [-0.25, -0.2) is 4.79 Å². The lowest BCUT2D eigenvalue weighted by Gasteiger charge is -2.03. The van der Waals surface area contributed by atoms with Gasteiger partial charge < -0.3 is 10.1 Å². The zero-order chi connectivity index (χ0) is 15.9. The Morgan fingerprint density at radius 2 is 2.05 bits per heavy atom. The summed E-state index contributed by atoms with van der Waals surface area (Å²) in [6.45, 7) is 2.49. The number of allylic oxidation sites excluding steroid dienone is 1. The van der Waals surface area contributed by atoms with E-state index in [1.165, 1.54) is 15.4 Å². The van der Waals surface area contributed by atoms with Crippen LogP contribution in [0, 0.1) is 0 Å². The number of hydrogen-bond acceptors (Lipinski definition) is 5. The zero-order valence-electron chi connectivity index (χ0n) is 12.4. The molecule has 2 rings (SSSR count). The van der Waals surface area contributed by atoms with Crippen LogP contribution in [0.2, 0.25) is 0 Å². The molecule has 0 atom stereocenters. The maximum atomic E-state index is 12.1. The number of carbonyl (C=O) groups is 1. The molecule has 0 aliphatic heterocycles. The van der Waals surface area contributed by atoms with Gasteiger partial charge in [0.25, 0.3) is 0 Å². The van der Waals surface area contributed by atoms with Crippen molar-refractivity contribution in [2.75, 3.05) is 19.0 Å². The number of nitrogens with zero attached hydrogens (tertiary/aromatic N) is 4. The largest absolute Gasteiger partial charge is 0.383 e. The normalized spacial score (nSPS) is 11.0. The average molecular weight is 303 g/mol. The highest BCUT2D eigenvalue weighted by molar-refractivity contribution is 5.99. The Hall–Kier alpha value is -2.74. The monoisotopic (exact) mass is 303 g/mol. The van der Waals surface area contributed by atoms with Crippen LogP contribution >= 0.6 is 0 Å². The maximum Gasteiger partial charge on any atom is 0.368 e. The summed E-state index contributed by atoms with van der Waals surface area (Å²) in [5, 5.41) is 10.3. The van der Waals surface area contributed by atoms with Crippen LogP contribution in [0.5, 0.6) is 0 Å². The molecule has 8 nitrogen and oxygen atoms in total. The van der Waals surface area contributed by atoms with Crippen molar-refractivity contribution in [1.82, 2.24) is 19.8 Å². The molecule has 1 aromatic carbocycles. The second kappa shape index (κ2) is 7.32. The van der Waals surface area contributed by atoms with Crippen LogP contribution in [0.15, 0.2) is 41.2 Å². The summed E-state index contributed by atoms with van der Waals surface area (Å²) in [5.41, 5.74) is 0.854. The summed E-state index contributed by atoms with van der Waals surface area (Å²) in [6, 6.07) is 6.75. The minimum atomic E-state index is -0.345. The van der Waals surface area contributed by atoms with Crippen LogP contribution in [0.3, 0.4) is 0 Å². The van der Waals surface area contributed by atoms with Crippen molar-refractivity contribution in [2.24, 2.45) is 0 Å². The van der Waals surface area contributed by atoms with Gasteiger partial charge in [0.05, 0.1) is 18.8 Å². The lowest BCUT2D eigenvalue weighted by molar-refractivity contribution is -0.111. The molecule has 22 heavy (non-hydrogen) atoms. The number of amides is 1. The standard InChI is InChI=1S/C14H17N5O3/c1-3-4-13(20)15-11-5-7-12(8-6-11)19-14(21)18(16-17-19)9-10-22-2/h3-8H,9-10H2,1-2H3,(H,15,20). The number of anilines is 1. The Kier molecular flexibility index (Phi) is 5.21. The molecule has 116 valence electrons. The van der Waals surface area contributed by atoms with Crippen LogP contribution in [0.4, 0.5) is 5.69 Å². The second-order valence-corrected chi connectivity index (χ2v) is 4.43. The van der Waals surface area contributed by atoms with E-state index in [-0.39, 0.29) is 11.6 Å². The highest BCUT2D eigenvalue weighted by Gasteiger charge is 2.08. The first-order valence-electron chi connectivity index (χ1n) is 6.71. The van der Waals surface area contributed by atoms with Gasteiger partial charge in [-0.3, -0.25) is 4.79 Å². The van der Waals surface area contributed by atoms with Crippen molar-refractivity contribution in [3.8, 4) is 5.69 Å². The van der Waals surface area contributed by atoms with Gasteiger partial charge >= 0.3 is 5.69 Å². The van der Waals surface area contributed by atoms with Gasteiger partial charge in [-0.2, -0.15) is 9.36 Å². The number of methoxy groups -OCH3 is 1. The van der Waals surface area contributed by atoms with Gasteiger partial charge in [0, 0.05) is 12.8 Å². The second-order valence-electron chi connectivity index (χ2n) is 4.43. The van der Waals surface area contributed by atoms with Crippen molar-refractivity contribution in [1.29, 1.82) is 0 Å². The maximum absolute atomic E-state index is 12.1. The number of nitrogens with one attached hydrogen (secondary N) is 1. The van der Waals surface area contributed by atoms with E-state index in [2.05, 4.69) is 15.7 Å². The van der Waals surface area contributed by atoms with Crippen molar-refractivity contribution < 1.29 is 9.53 Å². The van der Waals surface area contributed by atoms with Crippen molar-refractivity contribution >= 4 is 11.6 Å². The van der Waals surface area contributed by atoms with Gasteiger partial charge in [0.1, 0.15) is 0 Å². The fourth-order valence-electron chi connectivity index (χ4n) is 1.78.